The minimum atomic E-state index is 0.594. The average Bonchev–Trinajstić information content (AvgIpc) is 2.05. The van der Waals surface area contributed by atoms with Gasteiger partial charge in [-0.15, -0.1) is 0 Å². The van der Waals surface area contributed by atoms with Gasteiger partial charge in [-0.05, 0) is 32.9 Å². The Kier molecular flexibility index (Phi) is 8.95. The lowest BCUT2D eigenvalue weighted by atomic mass is 10.2. The summed E-state index contributed by atoms with van der Waals surface area (Å²) in [6, 6.07) is 0.594. The van der Waals surface area contributed by atoms with Crippen molar-refractivity contribution < 1.29 is 0 Å². The molecule has 0 aliphatic rings. The molecule has 1 unspecified atom stereocenters. The van der Waals surface area contributed by atoms with Crippen molar-refractivity contribution in [3.05, 3.63) is 0 Å². The molecule has 2 heteroatoms. The fraction of sp³-hybridized carbons (Fsp3) is 1.00. The molecule has 0 amide bonds. The highest BCUT2D eigenvalue weighted by molar-refractivity contribution is 4.60. The maximum Gasteiger partial charge on any atom is 0.00507 e. The Hall–Kier alpha value is -0.0800. The molecule has 0 aromatic rings. The van der Waals surface area contributed by atoms with Gasteiger partial charge in [-0.2, -0.15) is 0 Å². The molecule has 0 rings (SSSR count). The van der Waals surface area contributed by atoms with E-state index < -0.39 is 0 Å². The molecule has 0 saturated heterocycles. The smallest absolute Gasteiger partial charge is 0.00507 e. The van der Waals surface area contributed by atoms with Gasteiger partial charge in [0, 0.05) is 6.04 Å². The van der Waals surface area contributed by atoms with Crippen molar-refractivity contribution in [3.63, 3.8) is 0 Å². The summed E-state index contributed by atoms with van der Waals surface area (Å²) >= 11 is 0. The van der Waals surface area contributed by atoms with Crippen LogP contribution in [0.25, 0.3) is 0 Å². The third-order valence-corrected chi connectivity index (χ3v) is 2.12. The van der Waals surface area contributed by atoms with Crippen LogP contribution in [0.5, 0.6) is 0 Å². The molecule has 0 aromatic heterocycles. The van der Waals surface area contributed by atoms with Gasteiger partial charge >= 0.3 is 0 Å². The van der Waals surface area contributed by atoms with Gasteiger partial charge in [0.2, 0.25) is 0 Å². The van der Waals surface area contributed by atoms with Crippen molar-refractivity contribution in [2.75, 3.05) is 13.1 Å². The van der Waals surface area contributed by atoms with Crippen LogP contribution < -0.4 is 11.1 Å². The summed E-state index contributed by atoms with van der Waals surface area (Å²) in [6.45, 7) is 6.39. The van der Waals surface area contributed by atoms with Crippen LogP contribution in [-0.4, -0.2) is 19.1 Å². The third kappa shape index (κ3) is 8.02. The fourth-order valence-electron chi connectivity index (χ4n) is 1.25. The lowest BCUT2D eigenvalue weighted by molar-refractivity contribution is 0.499. The SMILES string of the molecule is CCCCCCNC(C)CCN. The normalized spacial score (nSPS) is 13.2. The Morgan fingerprint density at radius 1 is 1.25 bits per heavy atom. The molecule has 0 fully saturated rings. The zero-order chi connectivity index (χ0) is 9.23. The molecule has 0 aliphatic carbocycles. The molecule has 12 heavy (non-hydrogen) atoms. The van der Waals surface area contributed by atoms with E-state index in [1.165, 1.54) is 25.7 Å². The molecule has 1 atom stereocenters. The van der Waals surface area contributed by atoms with Crippen molar-refractivity contribution in [3.8, 4) is 0 Å². The summed E-state index contributed by atoms with van der Waals surface area (Å²) in [7, 11) is 0. The van der Waals surface area contributed by atoms with Crippen molar-refractivity contribution in [2.45, 2.75) is 52.0 Å². The first kappa shape index (κ1) is 11.9. The van der Waals surface area contributed by atoms with E-state index >= 15 is 0 Å². The minimum absolute atomic E-state index is 0.594. The average molecular weight is 172 g/mol. The predicted molar refractivity (Wildman–Crippen MR) is 55.3 cm³/mol. The molecule has 0 aliphatic heterocycles. The number of hydrogen-bond donors (Lipinski definition) is 2. The van der Waals surface area contributed by atoms with Gasteiger partial charge in [-0.3, -0.25) is 0 Å². The van der Waals surface area contributed by atoms with E-state index in [2.05, 4.69) is 19.2 Å². The van der Waals surface area contributed by atoms with Crippen LogP contribution in [0.3, 0.4) is 0 Å². The summed E-state index contributed by atoms with van der Waals surface area (Å²) in [6.07, 6.45) is 6.45. The summed E-state index contributed by atoms with van der Waals surface area (Å²) in [5, 5.41) is 3.46. The van der Waals surface area contributed by atoms with Crippen molar-refractivity contribution in [2.24, 2.45) is 5.73 Å². The molecule has 0 spiro atoms. The van der Waals surface area contributed by atoms with Gasteiger partial charge in [0.05, 0.1) is 0 Å². The zero-order valence-corrected chi connectivity index (χ0v) is 8.60. The van der Waals surface area contributed by atoms with Crippen LogP contribution in [0.15, 0.2) is 0 Å². The van der Waals surface area contributed by atoms with Crippen LogP contribution in [0.4, 0.5) is 0 Å². The maximum atomic E-state index is 5.44. The highest BCUT2D eigenvalue weighted by Gasteiger charge is 1.97. The number of rotatable bonds is 8. The summed E-state index contributed by atoms with van der Waals surface area (Å²) in [5.74, 6) is 0. The first-order valence-electron chi connectivity index (χ1n) is 5.24. The number of nitrogens with one attached hydrogen (secondary N) is 1. The van der Waals surface area contributed by atoms with Gasteiger partial charge in [0.15, 0.2) is 0 Å². The zero-order valence-electron chi connectivity index (χ0n) is 8.60. The van der Waals surface area contributed by atoms with Gasteiger partial charge in [-0.1, -0.05) is 26.2 Å². The fourth-order valence-corrected chi connectivity index (χ4v) is 1.25. The first-order chi connectivity index (χ1) is 5.81. The second-order valence-corrected chi connectivity index (χ2v) is 3.49. The Morgan fingerprint density at radius 2 is 2.00 bits per heavy atom. The number of unbranched alkanes of at least 4 members (excludes halogenated alkanes) is 3. The third-order valence-electron chi connectivity index (χ3n) is 2.12. The molecule has 2 nitrogen and oxygen atoms in total. The second kappa shape index (κ2) is 9.01. The monoisotopic (exact) mass is 172 g/mol. The molecular weight excluding hydrogens is 148 g/mol. The molecule has 0 heterocycles. The van der Waals surface area contributed by atoms with Gasteiger partial charge in [-0.25, -0.2) is 0 Å². The number of nitrogens with two attached hydrogens (primary N) is 1. The number of hydrogen-bond acceptors (Lipinski definition) is 2. The van der Waals surface area contributed by atoms with Crippen LogP contribution in [-0.2, 0) is 0 Å². The lowest BCUT2D eigenvalue weighted by Crippen LogP contribution is -2.29. The molecular formula is C10H24N2. The minimum Gasteiger partial charge on any atom is -0.330 e. The Balaban J connectivity index is 2.97. The quantitative estimate of drug-likeness (QED) is 0.549. The molecule has 0 saturated carbocycles. The molecule has 74 valence electrons. The second-order valence-electron chi connectivity index (χ2n) is 3.49. The van der Waals surface area contributed by atoms with E-state index in [9.17, 15) is 0 Å². The highest BCUT2D eigenvalue weighted by Crippen LogP contribution is 1.97. The Labute approximate surface area is 76.9 Å². The summed E-state index contributed by atoms with van der Waals surface area (Å²) in [4.78, 5) is 0. The molecule has 0 aromatic carbocycles. The van der Waals surface area contributed by atoms with E-state index in [-0.39, 0.29) is 0 Å². The largest absolute Gasteiger partial charge is 0.330 e. The van der Waals surface area contributed by atoms with Gasteiger partial charge in [0.1, 0.15) is 0 Å². The van der Waals surface area contributed by atoms with E-state index in [0.717, 1.165) is 19.5 Å². The van der Waals surface area contributed by atoms with Crippen LogP contribution in [0.1, 0.15) is 46.0 Å². The van der Waals surface area contributed by atoms with E-state index in [1.807, 2.05) is 0 Å². The van der Waals surface area contributed by atoms with E-state index in [1.54, 1.807) is 0 Å². The van der Waals surface area contributed by atoms with E-state index in [4.69, 9.17) is 5.73 Å². The first-order valence-corrected chi connectivity index (χ1v) is 5.24. The molecule has 0 radical (unpaired) electrons. The van der Waals surface area contributed by atoms with Crippen molar-refractivity contribution >= 4 is 0 Å². The van der Waals surface area contributed by atoms with Crippen molar-refractivity contribution in [1.29, 1.82) is 0 Å². The lowest BCUT2D eigenvalue weighted by Gasteiger charge is -2.11. The maximum absolute atomic E-state index is 5.44. The van der Waals surface area contributed by atoms with Gasteiger partial charge < -0.3 is 11.1 Å². The molecule has 3 N–H and O–H groups in total. The summed E-state index contributed by atoms with van der Waals surface area (Å²) < 4.78 is 0. The van der Waals surface area contributed by atoms with Gasteiger partial charge in [0.25, 0.3) is 0 Å². The Morgan fingerprint density at radius 3 is 2.58 bits per heavy atom. The highest BCUT2D eigenvalue weighted by atomic mass is 14.9. The standard InChI is InChI=1S/C10H24N2/c1-3-4-5-6-9-12-10(2)7-8-11/h10,12H,3-9,11H2,1-2H3. The van der Waals surface area contributed by atoms with Crippen LogP contribution in [0, 0.1) is 0 Å². The Bertz CT molecular complexity index is 83.9. The topological polar surface area (TPSA) is 38.0 Å². The van der Waals surface area contributed by atoms with Crippen LogP contribution in [0.2, 0.25) is 0 Å². The predicted octanol–water partition coefficient (Wildman–Crippen LogP) is 1.89. The summed E-state index contributed by atoms with van der Waals surface area (Å²) in [5.41, 5.74) is 5.44. The van der Waals surface area contributed by atoms with E-state index in [0.29, 0.717) is 6.04 Å². The molecule has 0 bridgehead atoms. The van der Waals surface area contributed by atoms with Crippen LogP contribution >= 0.6 is 0 Å². The van der Waals surface area contributed by atoms with Crippen molar-refractivity contribution in [1.82, 2.24) is 5.32 Å².